The van der Waals surface area contributed by atoms with Crippen LogP contribution in [-0.2, 0) is 9.53 Å². The number of esters is 1. The molecule has 1 heterocycles. The summed E-state index contributed by atoms with van der Waals surface area (Å²) in [6, 6.07) is 4.74. The summed E-state index contributed by atoms with van der Waals surface area (Å²) in [5, 5.41) is 13.8. The molecule has 0 bridgehead atoms. The van der Waals surface area contributed by atoms with Crippen molar-refractivity contribution in [3.05, 3.63) is 51.2 Å². The van der Waals surface area contributed by atoms with Crippen molar-refractivity contribution in [1.29, 1.82) is 0 Å². The number of urea groups is 1. The van der Waals surface area contributed by atoms with E-state index in [0.717, 1.165) is 6.42 Å². The van der Waals surface area contributed by atoms with Gasteiger partial charge in [0.2, 0.25) is 0 Å². The van der Waals surface area contributed by atoms with Gasteiger partial charge >= 0.3 is 12.0 Å². The van der Waals surface area contributed by atoms with Gasteiger partial charge in [-0.25, -0.2) is 9.59 Å². The molecule has 1 aliphatic rings. The average Bonchev–Trinajstić information content (AvgIpc) is 2.59. The molecular formula is C17H21N3O5. The molecule has 1 aromatic rings. The minimum Gasteiger partial charge on any atom is -0.463 e. The Kier molecular flexibility index (Phi) is 5.74. The van der Waals surface area contributed by atoms with E-state index in [4.69, 9.17) is 4.74 Å². The molecule has 0 aliphatic carbocycles. The highest BCUT2D eigenvalue weighted by Crippen LogP contribution is 2.33. The highest BCUT2D eigenvalue weighted by Gasteiger charge is 2.36. The molecule has 1 aliphatic heterocycles. The number of ether oxygens (including phenoxy) is 1. The summed E-state index contributed by atoms with van der Waals surface area (Å²) in [6.07, 6.45) is 1.25. The second kappa shape index (κ2) is 7.78. The highest BCUT2D eigenvalue weighted by molar-refractivity contribution is 5.95. The minimum absolute atomic E-state index is 0.106. The molecule has 0 saturated heterocycles. The van der Waals surface area contributed by atoms with E-state index in [1.54, 1.807) is 20.0 Å². The maximum absolute atomic E-state index is 12.5. The van der Waals surface area contributed by atoms with Gasteiger partial charge in [0.15, 0.2) is 0 Å². The van der Waals surface area contributed by atoms with Crippen LogP contribution in [0, 0.1) is 10.1 Å². The molecule has 0 fully saturated rings. The first-order valence-corrected chi connectivity index (χ1v) is 8.09. The Balaban J connectivity index is 2.60. The Morgan fingerprint density at radius 2 is 2.12 bits per heavy atom. The van der Waals surface area contributed by atoms with E-state index in [0.29, 0.717) is 23.3 Å². The zero-order chi connectivity index (χ0) is 18.6. The average molecular weight is 347 g/mol. The first-order valence-electron chi connectivity index (χ1n) is 8.09. The molecule has 0 spiro atoms. The molecule has 1 aromatic carbocycles. The SMILES string of the molecule is CCCC1=C(C(=O)OCC)C(c2cccc([N+](=O)[O-])c2)NC(=O)N1C. The molecule has 1 atom stereocenters. The van der Waals surface area contributed by atoms with E-state index in [2.05, 4.69) is 5.32 Å². The molecule has 2 amide bonds. The normalized spacial score (nSPS) is 17.3. The Morgan fingerprint density at radius 1 is 1.40 bits per heavy atom. The summed E-state index contributed by atoms with van der Waals surface area (Å²) >= 11 is 0. The molecule has 1 unspecified atom stereocenters. The van der Waals surface area contributed by atoms with Crippen LogP contribution in [0.15, 0.2) is 35.5 Å². The van der Waals surface area contributed by atoms with Gasteiger partial charge in [-0.15, -0.1) is 0 Å². The molecule has 2 rings (SSSR count). The monoisotopic (exact) mass is 347 g/mol. The molecule has 1 N–H and O–H groups in total. The summed E-state index contributed by atoms with van der Waals surface area (Å²) in [4.78, 5) is 36.8. The molecule has 0 aromatic heterocycles. The number of hydrogen-bond acceptors (Lipinski definition) is 5. The highest BCUT2D eigenvalue weighted by atomic mass is 16.6. The fraction of sp³-hybridized carbons (Fsp3) is 0.412. The number of nitro benzene ring substituents is 1. The van der Waals surface area contributed by atoms with Crippen molar-refractivity contribution in [2.24, 2.45) is 0 Å². The topological polar surface area (TPSA) is 102 Å². The van der Waals surface area contributed by atoms with Crippen LogP contribution >= 0.6 is 0 Å². The summed E-state index contributed by atoms with van der Waals surface area (Å²) < 4.78 is 5.16. The van der Waals surface area contributed by atoms with E-state index >= 15 is 0 Å². The number of benzene rings is 1. The number of allylic oxidation sites excluding steroid dienone is 1. The lowest BCUT2D eigenvalue weighted by Gasteiger charge is -2.34. The molecule has 0 radical (unpaired) electrons. The van der Waals surface area contributed by atoms with Crippen LogP contribution in [0.4, 0.5) is 10.5 Å². The third-order valence-electron chi connectivity index (χ3n) is 3.97. The number of amides is 2. The van der Waals surface area contributed by atoms with Crippen molar-refractivity contribution in [3.63, 3.8) is 0 Å². The van der Waals surface area contributed by atoms with Gasteiger partial charge in [0.25, 0.3) is 5.69 Å². The van der Waals surface area contributed by atoms with Crippen LogP contribution < -0.4 is 5.32 Å². The number of hydrogen-bond donors (Lipinski definition) is 1. The number of rotatable bonds is 6. The van der Waals surface area contributed by atoms with Crippen molar-refractivity contribution < 1.29 is 19.2 Å². The fourth-order valence-corrected chi connectivity index (χ4v) is 2.81. The third-order valence-corrected chi connectivity index (χ3v) is 3.97. The van der Waals surface area contributed by atoms with Crippen molar-refractivity contribution in [1.82, 2.24) is 10.2 Å². The molecule has 8 nitrogen and oxygen atoms in total. The first kappa shape index (κ1) is 18.4. The van der Waals surface area contributed by atoms with Gasteiger partial charge in [0.1, 0.15) is 0 Å². The van der Waals surface area contributed by atoms with E-state index in [1.807, 2.05) is 6.92 Å². The smallest absolute Gasteiger partial charge is 0.338 e. The van der Waals surface area contributed by atoms with Gasteiger partial charge < -0.3 is 15.0 Å². The van der Waals surface area contributed by atoms with Crippen molar-refractivity contribution in [2.75, 3.05) is 13.7 Å². The van der Waals surface area contributed by atoms with E-state index < -0.39 is 16.9 Å². The lowest BCUT2D eigenvalue weighted by molar-refractivity contribution is -0.384. The van der Waals surface area contributed by atoms with Crippen LogP contribution in [0.1, 0.15) is 38.3 Å². The Hall–Kier alpha value is -2.90. The first-order chi connectivity index (χ1) is 11.9. The predicted molar refractivity (Wildman–Crippen MR) is 90.7 cm³/mol. The van der Waals surface area contributed by atoms with Crippen LogP contribution in [-0.4, -0.2) is 35.5 Å². The molecule has 8 heteroatoms. The van der Waals surface area contributed by atoms with Crippen molar-refractivity contribution in [3.8, 4) is 0 Å². The van der Waals surface area contributed by atoms with Crippen molar-refractivity contribution >= 4 is 17.7 Å². The standard InChI is InChI=1S/C17H21N3O5/c1-4-7-13-14(16(21)25-5-2)15(18-17(22)19(13)3)11-8-6-9-12(10-11)20(23)24/h6,8-10,15H,4-5,7H2,1-3H3,(H,18,22). The van der Waals surface area contributed by atoms with Crippen LogP contribution in [0.2, 0.25) is 0 Å². The molecule has 134 valence electrons. The number of non-ortho nitro benzene ring substituents is 1. The number of nitrogens with zero attached hydrogens (tertiary/aromatic N) is 2. The predicted octanol–water partition coefficient (Wildman–Crippen LogP) is 2.91. The fourth-order valence-electron chi connectivity index (χ4n) is 2.81. The minimum atomic E-state index is -0.788. The molecular weight excluding hydrogens is 326 g/mol. The van der Waals surface area contributed by atoms with Crippen LogP contribution in [0.25, 0.3) is 0 Å². The number of carbonyl (C=O) groups excluding carboxylic acids is 2. The number of nitro groups is 1. The molecule has 25 heavy (non-hydrogen) atoms. The molecule has 0 saturated carbocycles. The summed E-state index contributed by atoms with van der Waals surface area (Å²) in [6.45, 7) is 3.84. The lowest BCUT2D eigenvalue weighted by Crippen LogP contribution is -2.46. The third kappa shape index (κ3) is 3.78. The lowest BCUT2D eigenvalue weighted by atomic mass is 9.93. The Morgan fingerprint density at radius 3 is 2.72 bits per heavy atom. The largest absolute Gasteiger partial charge is 0.463 e. The van der Waals surface area contributed by atoms with Gasteiger partial charge in [0.05, 0.1) is 23.1 Å². The Labute approximate surface area is 145 Å². The van der Waals surface area contributed by atoms with Gasteiger partial charge in [-0.1, -0.05) is 25.5 Å². The van der Waals surface area contributed by atoms with Crippen molar-refractivity contribution in [2.45, 2.75) is 32.7 Å². The maximum atomic E-state index is 12.5. The number of carbonyl (C=O) groups is 2. The quantitative estimate of drug-likeness (QED) is 0.484. The second-order valence-electron chi connectivity index (χ2n) is 5.62. The van der Waals surface area contributed by atoms with E-state index in [9.17, 15) is 19.7 Å². The van der Waals surface area contributed by atoms with E-state index in [1.165, 1.54) is 23.1 Å². The van der Waals surface area contributed by atoms with Crippen LogP contribution in [0.5, 0.6) is 0 Å². The zero-order valence-electron chi connectivity index (χ0n) is 14.4. The second-order valence-corrected chi connectivity index (χ2v) is 5.62. The van der Waals surface area contributed by atoms with Crippen LogP contribution in [0.3, 0.4) is 0 Å². The van der Waals surface area contributed by atoms with Gasteiger partial charge in [-0.05, 0) is 18.9 Å². The van der Waals surface area contributed by atoms with Gasteiger partial charge in [0, 0.05) is 24.9 Å². The number of nitrogens with one attached hydrogen (secondary N) is 1. The van der Waals surface area contributed by atoms with E-state index in [-0.39, 0.29) is 18.3 Å². The zero-order valence-corrected chi connectivity index (χ0v) is 14.4. The Bertz CT molecular complexity index is 729. The summed E-state index contributed by atoms with van der Waals surface area (Å²) in [5.41, 5.74) is 1.24. The van der Waals surface area contributed by atoms with Gasteiger partial charge in [-0.3, -0.25) is 10.1 Å². The van der Waals surface area contributed by atoms with Gasteiger partial charge in [-0.2, -0.15) is 0 Å². The maximum Gasteiger partial charge on any atom is 0.338 e. The summed E-state index contributed by atoms with van der Waals surface area (Å²) in [7, 11) is 1.59. The summed E-state index contributed by atoms with van der Waals surface area (Å²) in [5.74, 6) is -0.533.